The number of nitrogens with zero attached hydrogens (tertiary/aromatic N) is 4. The first-order valence-electron chi connectivity index (χ1n) is 12.6. The highest BCUT2D eigenvalue weighted by Gasteiger charge is 2.37. The highest BCUT2D eigenvalue weighted by atomic mass is 16.5. The fourth-order valence-electron chi connectivity index (χ4n) is 5.83. The molecule has 0 radical (unpaired) electrons. The van der Waals surface area contributed by atoms with Gasteiger partial charge in [-0.25, -0.2) is 4.98 Å². The maximum Gasteiger partial charge on any atom is 0.289 e. The number of nitriles is 1. The van der Waals surface area contributed by atoms with Crippen LogP contribution in [0, 0.1) is 11.3 Å². The van der Waals surface area contributed by atoms with E-state index in [4.69, 9.17) is 14.1 Å². The van der Waals surface area contributed by atoms with Crippen LogP contribution < -0.4 is 4.90 Å². The molecule has 2 fully saturated rings. The molecule has 7 heteroatoms. The molecule has 0 aromatic carbocycles. The van der Waals surface area contributed by atoms with Crippen molar-refractivity contribution in [3.05, 3.63) is 46.5 Å². The van der Waals surface area contributed by atoms with Crippen molar-refractivity contribution in [2.45, 2.75) is 83.5 Å². The fraction of sp³-hybridized carbons (Fsp3) is 0.593. The van der Waals surface area contributed by atoms with Crippen LogP contribution in [0.5, 0.6) is 0 Å². The van der Waals surface area contributed by atoms with E-state index in [0.717, 1.165) is 35.5 Å². The smallest absolute Gasteiger partial charge is 0.289 e. The number of ether oxygens (including phenoxy) is 1. The molecule has 4 heterocycles. The van der Waals surface area contributed by atoms with E-state index in [1.165, 1.54) is 25.5 Å². The maximum atomic E-state index is 12.9. The van der Waals surface area contributed by atoms with Crippen molar-refractivity contribution >= 4 is 11.7 Å². The molecule has 0 spiro atoms. The Labute approximate surface area is 201 Å². The summed E-state index contributed by atoms with van der Waals surface area (Å²) >= 11 is 0. The van der Waals surface area contributed by atoms with E-state index in [1.807, 2.05) is 4.90 Å². The van der Waals surface area contributed by atoms with Crippen molar-refractivity contribution in [2.75, 3.05) is 24.5 Å². The van der Waals surface area contributed by atoms with Crippen LogP contribution in [-0.4, -0.2) is 47.1 Å². The molecule has 2 aromatic rings. The number of furan rings is 1. The Morgan fingerprint density at radius 2 is 2.00 bits per heavy atom. The minimum absolute atomic E-state index is 0.0198. The number of piperazine rings is 1. The van der Waals surface area contributed by atoms with E-state index in [9.17, 15) is 10.1 Å². The Balaban J connectivity index is 1.50. The van der Waals surface area contributed by atoms with Gasteiger partial charge in [0.05, 0.1) is 29.7 Å². The van der Waals surface area contributed by atoms with Crippen LogP contribution in [0.15, 0.2) is 22.8 Å². The van der Waals surface area contributed by atoms with Crippen molar-refractivity contribution in [3.8, 4) is 6.07 Å². The minimum Gasteiger partial charge on any atom is -0.459 e. The third-order valence-corrected chi connectivity index (χ3v) is 7.66. The number of hydrogen-bond acceptors (Lipinski definition) is 6. The summed E-state index contributed by atoms with van der Waals surface area (Å²) in [6.45, 7) is 8.61. The van der Waals surface area contributed by atoms with Crippen LogP contribution in [0.2, 0.25) is 0 Å². The molecule has 1 saturated heterocycles. The summed E-state index contributed by atoms with van der Waals surface area (Å²) in [4.78, 5) is 22.2. The summed E-state index contributed by atoms with van der Waals surface area (Å²) in [5, 5.41) is 10.3. The van der Waals surface area contributed by atoms with Crippen LogP contribution in [0.1, 0.15) is 91.7 Å². The number of amides is 1. The molecule has 5 rings (SSSR count). The van der Waals surface area contributed by atoms with Crippen molar-refractivity contribution in [1.29, 1.82) is 5.26 Å². The third-order valence-electron chi connectivity index (χ3n) is 7.66. The summed E-state index contributed by atoms with van der Waals surface area (Å²) in [6.07, 6.45) is 8.29. The normalized spacial score (nSPS) is 22.8. The quantitative estimate of drug-likeness (QED) is 0.652. The van der Waals surface area contributed by atoms with Crippen molar-refractivity contribution in [2.24, 2.45) is 0 Å². The molecule has 180 valence electrons. The number of anilines is 1. The van der Waals surface area contributed by atoms with Gasteiger partial charge in [0.2, 0.25) is 0 Å². The molecule has 1 atom stereocenters. The molecule has 3 aliphatic rings. The molecular formula is C27H34N4O3. The van der Waals surface area contributed by atoms with Crippen LogP contribution in [-0.2, 0) is 17.8 Å². The third kappa shape index (κ3) is 4.20. The molecule has 0 unspecified atom stereocenters. The zero-order valence-electron chi connectivity index (χ0n) is 20.5. The Morgan fingerprint density at radius 3 is 2.68 bits per heavy atom. The lowest BCUT2D eigenvalue weighted by molar-refractivity contribution is -0.0409. The van der Waals surface area contributed by atoms with Gasteiger partial charge < -0.3 is 19.0 Å². The first kappa shape index (κ1) is 22.9. The van der Waals surface area contributed by atoms with Gasteiger partial charge in [0.1, 0.15) is 11.9 Å². The van der Waals surface area contributed by atoms with Crippen molar-refractivity contribution in [3.63, 3.8) is 0 Å². The number of carbonyl (C=O) groups excluding carboxylic acids is 1. The molecule has 1 amide bonds. The van der Waals surface area contributed by atoms with Gasteiger partial charge in [-0.05, 0) is 51.3 Å². The summed E-state index contributed by atoms with van der Waals surface area (Å²) in [5.74, 6) is 1.50. The molecule has 1 saturated carbocycles. The van der Waals surface area contributed by atoms with Crippen molar-refractivity contribution in [1.82, 2.24) is 9.88 Å². The summed E-state index contributed by atoms with van der Waals surface area (Å²) < 4.78 is 11.5. The van der Waals surface area contributed by atoms with Gasteiger partial charge in [-0.1, -0.05) is 19.3 Å². The lowest BCUT2D eigenvalue weighted by Gasteiger charge is -2.42. The summed E-state index contributed by atoms with van der Waals surface area (Å²) in [5.41, 5.74) is 3.78. The largest absolute Gasteiger partial charge is 0.459 e. The molecular weight excluding hydrogens is 428 g/mol. The molecule has 0 bridgehead atoms. The first-order valence-corrected chi connectivity index (χ1v) is 12.6. The second kappa shape index (κ2) is 9.07. The number of hydrogen-bond donors (Lipinski definition) is 0. The average molecular weight is 463 g/mol. The molecule has 7 nitrogen and oxygen atoms in total. The van der Waals surface area contributed by atoms with E-state index in [2.05, 4.69) is 31.7 Å². The Hall–Kier alpha value is -2.85. The van der Waals surface area contributed by atoms with Gasteiger partial charge in [-0.3, -0.25) is 4.79 Å². The van der Waals surface area contributed by atoms with E-state index in [-0.39, 0.29) is 17.6 Å². The number of rotatable bonds is 3. The van der Waals surface area contributed by atoms with Crippen LogP contribution in [0.4, 0.5) is 5.82 Å². The summed E-state index contributed by atoms with van der Waals surface area (Å²) in [7, 11) is 0. The lowest BCUT2D eigenvalue weighted by atomic mass is 9.81. The van der Waals surface area contributed by atoms with E-state index in [1.54, 1.807) is 12.1 Å². The van der Waals surface area contributed by atoms with Crippen LogP contribution in [0.3, 0.4) is 0 Å². The highest BCUT2D eigenvalue weighted by Crippen LogP contribution is 2.41. The topological polar surface area (TPSA) is 82.6 Å². The van der Waals surface area contributed by atoms with Crippen molar-refractivity contribution < 1.29 is 13.9 Å². The fourth-order valence-corrected chi connectivity index (χ4v) is 5.83. The van der Waals surface area contributed by atoms with E-state index in [0.29, 0.717) is 49.9 Å². The van der Waals surface area contributed by atoms with Gasteiger partial charge in [-0.15, -0.1) is 0 Å². The zero-order valence-corrected chi connectivity index (χ0v) is 20.5. The second-order valence-corrected chi connectivity index (χ2v) is 10.6. The van der Waals surface area contributed by atoms with Gasteiger partial charge in [-0.2, -0.15) is 5.26 Å². The second-order valence-electron chi connectivity index (χ2n) is 10.6. The van der Waals surface area contributed by atoms with Gasteiger partial charge in [0.25, 0.3) is 5.91 Å². The lowest BCUT2D eigenvalue weighted by Crippen LogP contribution is -2.54. The zero-order chi connectivity index (χ0) is 23.9. The Morgan fingerprint density at radius 1 is 1.21 bits per heavy atom. The van der Waals surface area contributed by atoms with Gasteiger partial charge >= 0.3 is 0 Å². The standard InChI is InChI=1S/C27H34N4O3/c1-18-16-30(11-12-31(18)26(32)23-10-7-13-33-23)25-21(15-28)20-14-27(2,3)34-17-22(20)24(29-25)19-8-5-4-6-9-19/h7,10,13,18-19H,4-6,8-9,11-12,14,16-17H2,1-3H3/t18-/m1/s1. The van der Waals surface area contributed by atoms with Crippen LogP contribution in [0.25, 0.3) is 0 Å². The maximum absolute atomic E-state index is 12.9. The Bertz CT molecular complexity index is 1100. The first-order chi connectivity index (χ1) is 16.4. The molecule has 34 heavy (non-hydrogen) atoms. The molecule has 2 aliphatic heterocycles. The predicted octanol–water partition coefficient (Wildman–Crippen LogP) is 4.80. The molecule has 0 N–H and O–H groups in total. The van der Waals surface area contributed by atoms with E-state index < -0.39 is 0 Å². The van der Waals surface area contributed by atoms with E-state index >= 15 is 0 Å². The Kier molecular flexibility index (Phi) is 6.11. The number of fused-ring (bicyclic) bond motifs is 1. The monoisotopic (exact) mass is 462 g/mol. The molecule has 1 aliphatic carbocycles. The van der Waals surface area contributed by atoms with Gasteiger partial charge in [0, 0.05) is 43.6 Å². The number of carbonyl (C=O) groups is 1. The average Bonchev–Trinajstić information content (AvgIpc) is 3.37. The molecule has 2 aromatic heterocycles. The predicted molar refractivity (Wildman–Crippen MR) is 129 cm³/mol. The highest BCUT2D eigenvalue weighted by molar-refractivity contribution is 5.91. The van der Waals surface area contributed by atoms with Gasteiger partial charge in [0.15, 0.2) is 5.76 Å². The number of aromatic nitrogens is 1. The summed E-state index contributed by atoms with van der Waals surface area (Å²) in [6, 6.07) is 5.93. The minimum atomic E-state index is -0.303. The SMILES string of the molecule is C[C@@H]1CN(c2nc(C3CCCCC3)c3c(c2C#N)CC(C)(C)OC3)CCN1C(=O)c1ccco1. The van der Waals surface area contributed by atoms with Crippen LogP contribution >= 0.6 is 0 Å². The number of pyridine rings is 1.